The Morgan fingerprint density at radius 2 is 2.22 bits per heavy atom. The van der Waals surface area contributed by atoms with E-state index in [1.54, 1.807) is 6.20 Å². The Hall–Kier alpha value is -2.07. The molecular weight excluding hydrogens is 226 g/mol. The van der Waals surface area contributed by atoms with Crippen LogP contribution >= 0.6 is 0 Å². The topological polar surface area (TPSA) is 67.8 Å². The van der Waals surface area contributed by atoms with Gasteiger partial charge in [0.15, 0.2) is 0 Å². The predicted octanol–water partition coefficient (Wildman–Crippen LogP) is 3.15. The van der Waals surface area contributed by atoms with Crippen molar-refractivity contribution in [1.29, 1.82) is 0 Å². The summed E-state index contributed by atoms with van der Waals surface area (Å²) in [5, 5.41) is 1.15. The first-order valence-electron chi connectivity index (χ1n) is 5.95. The molecule has 0 aliphatic carbocycles. The Labute approximate surface area is 105 Å². The van der Waals surface area contributed by atoms with Gasteiger partial charge in [-0.3, -0.25) is 0 Å². The van der Waals surface area contributed by atoms with Crippen LogP contribution < -0.4 is 5.73 Å². The molecule has 0 aliphatic rings. The monoisotopic (exact) mass is 241 g/mol. The van der Waals surface area contributed by atoms with E-state index in [1.165, 1.54) is 5.56 Å². The van der Waals surface area contributed by atoms with Gasteiger partial charge in [0, 0.05) is 17.1 Å². The van der Waals surface area contributed by atoms with Gasteiger partial charge in [0.25, 0.3) is 0 Å². The molecule has 0 saturated heterocycles. The number of nitrogens with one attached hydrogen (secondary N) is 1. The first-order valence-corrected chi connectivity index (χ1v) is 5.95. The summed E-state index contributed by atoms with van der Waals surface area (Å²) in [7, 11) is 0. The Bertz CT molecular complexity index is 694. The van der Waals surface area contributed by atoms with Crippen molar-refractivity contribution in [2.45, 2.75) is 19.9 Å². The van der Waals surface area contributed by atoms with E-state index < -0.39 is 0 Å². The highest BCUT2D eigenvalue weighted by Gasteiger charge is 2.14. The van der Waals surface area contributed by atoms with E-state index in [1.807, 2.05) is 25.3 Å². The number of hydrogen-bond acceptors (Lipinski definition) is 3. The molecule has 4 nitrogen and oxygen atoms in total. The number of hydrogen-bond donors (Lipinski definition) is 2. The summed E-state index contributed by atoms with van der Waals surface area (Å²) in [6.45, 7) is 3.96. The van der Waals surface area contributed by atoms with Gasteiger partial charge in [0.2, 0.25) is 5.89 Å². The first-order chi connectivity index (χ1) is 8.66. The van der Waals surface area contributed by atoms with Crippen LogP contribution in [-0.4, -0.2) is 9.97 Å². The van der Waals surface area contributed by atoms with Crippen molar-refractivity contribution < 1.29 is 4.42 Å². The van der Waals surface area contributed by atoms with Crippen LogP contribution in [0.15, 0.2) is 35.0 Å². The molecule has 3 aromatic rings. The van der Waals surface area contributed by atoms with Gasteiger partial charge in [-0.25, -0.2) is 4.98 Å². The molecule has 0 bridgehead atoms. The SMILES string of the molecule is Cc1cccc2[nH]cc(-c3ncc(C(C)N)o3)c12. The number of rotatable bonds is 2. The van der Waals surface area contributed by atoms with Crippen molar-refractivity contribution in [3.05, 3.63) is 41.9 Å². The standard InChI is InChI=1S/C14H15N3O/c1-8-4-3-5-11-13(8)10(6-16-11)14-17-7-12(18-14)9(2)15/h3-7,9,16H,15H2,1-2H3. The fourth-order valence-corrected chi connectivity index (χ4v) is 2.16. The van der Waals surface area contributed by atoms with E-state index in [0.717, 1.165) is 16.5 Å². The minimum Gasteiger partial charge on any atom is -0.439 e. The van der Waals surface area contributed by atoms with Gasteiger partial charge in [-0.05, 0) is 25.5 Å². The molecule has 0 aliphatic heterocycles. The zero-order chi connectivity index (χ0) is 12.7. The third-order valence-electron chi connectivity index (χ3n) is 3.12. The predicted molar refractivity (Wildman–Crippen MR) is 71.1 cm³/mol. The summed E-state index contributed by atoms with van der Waals surface area (Å²) in [5.74, 6) is 1.32. The first kappa shape index (κ1) is 11.0. The second-order valence-corrected chi connectivity index (χ2v) is 4.56. The molecule has 1 aromatic carbocycles. The van der Waals surface area contributed by atoms with Crippen LogP contribution in [-0.2, 0) is 0 Å². The molecule has 0 amide bonds. The number of aromatic nitrogens is 2. The molecule has 3 N–H and O–H groups in total. The van der Waals surface area contributed by atoms with Crippen LogP contribution in [0.25, 0.3) is 22.4 Å². The van der Waals surface area contributed by atoms with Gasteiger partial charge in [0.1, 0.15) is 5.76 Å². The zero-order valence-electron chi connectivity index (χ0n) is 10.4. The molecular formula is C14H15N3O. The number of H-pyrrole nitrogens is 1. The van der Waals surface area contributed by atoms with Crippen LogP contribution in [0.1, 0.15) is 24.3 Å². The number of nitrogens with zero attached hydrogens (tertiary/aromatic N) is 1. The smallest absolute Gasteiger partial charge is 0.228 e. The zero-order valence-corrected chi connectivity index (χ0v) is 10.4. The van der Waals surface area contributed by atoms with E-state index >= 15 is 0 Å². The maximum atomic E-state index is 5.78. The van der Waals surface area contributed by atoms with E-state index in [-0.39, 0.29) is 6.04 Å². The lowest BCUT2D eigenvalue weighted by Gasteiger charge is -1.99. The van der Waals surface area contributed by atoms with Crippen LogP contribution in [0.3, 0.4) is 0 Å². The van der Waals surface area contributed by atoms with E-state index in [4.69, 9.17) is 10.2 Å². The molecule has 0 radical (unpaired) electrons. The highest BCUT2D eigenvalue weighted by Crippen LogP contribution is 2.31. The van der Waals surface area contributed by atoms with Crippen molar-refractivity contribution >= 4 is 10.9 Å². The molecule has 0 saturated carbocycles. The molecule has 1 atom stereocenters. The quantitative estimate of drug-likeness (QED) is 0.724. The number of aryl methyl sites for hydroxylation is 1. The minimum absolute atomic E-state index is 0.141. The van der Waals surface area contributed by atoms with Crippen molar-refractivity contribution in [3.8, 4) is 11.5 Å². The van der Waals surface area contributed by atoms with Crippen molar-refractivity contribution in [1.82, 2.24) is 9.97 Å². The summed E-state index contributed by atoms with van der Waals surface area (Å²) in [6, 6.07) is 6.01. The molecule has 0 fully saturated rings. The van der Waals surface area contributed by atoms with Crippen molar-refractivity contribution in [2.24, 2.45) is 5.73 Å². The van der Waals surface area contributed by atoms with Crippen molar-refractivity contribution in [3.63, 3.8) is 0 Å². The summed E-state index contributed by atoms with van der Waals surface area (Å²) in [6.07, 6.45) is 3.62. The lowest BCUT2D eigenvalue weighted by atomic mass is 10.1. The maximum absolute atomic E-state index is 5.78. The summed E-state index contributed by atoms with van der Waals surface area (Å²) in [4.78, 5) is 7.54. The molecule has 1 unspecified atom stereocenters. The van der Waals surface area contributed by atoms with Crippen LogP contribution in [0.5, 0.6) is 0 Å². The molecule has 2 heterocycles. The lowest BCUT2D eigenvalue weighted by Crippen LogP contribution is -2.02. The molecule has 3 rings (SSSR count). The largest absolute Gasteiger partial charge is 0.439 e. The summed E-state index contributed by atoms with van der Waals surface area (Å²) in [5.41, 5.74) is 9.05. The second kappa shape index (κ2) is 3.99. The molecule has 4 heteroatoms. The van der Waals surface area contributed by atoms with E-state index in [2.05, 4.69) is 23.0 Å². The normalized spacial score (nSPS) is 13.1. The second-order valence-electron chi connectivity index (χ2n) is 4.56. The number of fused-ring (bicyclic) bond motifs is 1. The van der Waals surface area contributed by atoms with Gasteiger partial charge in [-0.1, -0.05) is 12.1 Å². The Kier molecular flexibility index (Phi) is 2.45. The van der Waals surface area contributed by atoms with Crippen molar-refractivity contribution in [2.75, 3.05) is 0 Å². The Morgan fingerprint density at radius 3 is 2.94 bits per heavy atom. The number of nitrogens with two attached hydrogens (primary N) is 1. The van der Waals surface area contributed by atoms with E-state index in [9.17, 15) is 0 Å². The highest BCUT2D eigenvalue weighted by molar-refractivity contribution is 5.95. The molecule has 0 spiro atoms. The molecule has 92 valence electrons. The van der Waals surface area contributed by atoms with Gasteiger partial charge in [-0.2, -0.15) is 0 Å². The fraction of sp³-hybridized carbons (Fsp3) is 0.214. The van der Waals surface area contributed by atoms with Gasteiger partial charge in [0.05, 0.1) is 17.8 Å². The third-order valence-corrected chi connectivity index (χ3v) is 3.12. The third kappa shape index (κ3) is 1.62. The van der Waals surface area contributed by atoms with Gasteiger partial charge < -0.3 is 15.1 Å². The molecule has 18 heavy (non-hydrogen) atoms. The minimum atomic E-state index is -0.141. The molecule has 2 aromatic heterocycles. The number of oxazole rings is 1. The van der Waals surface area contributed by atoms with E-state index in [0.29, 0.717) is 11.7 Å². The summed E-state index contributed by atoms with van der Waals surface area (Å²) < 4.78 is 5.70. The van der Waals surface area contributed by atoms with Gasteiger partial charge in [-0.15, -0.1) is 0 Å². The Balaban J connectivity index is 2.19. The number of benzene rings is 1. The number of aromatic amines is 1. The maximum Gasteiger partial charge on any atom is 0.228 e. The van der Waals surface area contributed by atoms with Crippen LogP contribution in [0.4, 0.5) is 0 Å². The fourth-order valence-electron chi connectivity index (χ4n) is 2.16. The average molecular weight is 241 g/mol. The Morgan fingerprint density at radius 1 is 1.39 bits per heavy atom. The van der Waals surface area contributed by atoms with Crippen LogP contribution in [0.2, 0.25) is 0 Å². The van der Waals surface area contributed by atoms with Crippen LogP contribution in [0, 0.1) is 6.92 Å². The highest BCUT2D eigenvalue weighted by atomic mass is 16.4. The summed E-state index contributed by atoms with van der Waals surface area (Å²) >= 11 is 0. The van der Waals surface area contributed by atoms with Gasteiger partial charge >= 0.3 is 0 Å². The average Bonchev–Trinajstić information content (AvgIpc) is 2.94. The lowest BCUT2D eigenvalue weighted by molar-refractivity contribution is 0.488.